The fraction of sp³-hybridized carbons (Fsp3) is 0.115. The predicted molar refractivity (Wildman–Crippen MR) is 127 cm³/mol. The molecule has 0 bridgehead atoms. The molecule has 3 N–H and O–H groups in total. The molecule has 0 aliphatic heterocycles. The Balaban J connectivity index is 1.36. The number of H-pyrrole nitrogens is 2. The number of aromatic nitrogens is 6. The molecule has 0 fully saturated rings. The Bertz CT molecular complexity index is 1400. The number of aromatic amines is 2. The van der Waals surface area contributed by atoms with Crippen molar-refractivity contribution in [2.24, 2.45) is 0 Å². The minimum Gasteiger partial charge on any atom is -0.481 e. The van der Waals surface area contributed by atoms with Crippen LogP contribution in [0.25, 0.3) is 22.6 Å². The normalized spacial score (nSPS) is 11.9. The van der Waals surface area contributed by atoms with Crippen molar-refractivity contribution in [1.82, 2.24) is 30.8 Å². The van der Waals surface area contributed by atoms with Crippen molar-refractivity contribution in [3.8, 4) is 22.6 Å². The van der Waals surface area contributed by atoms with Gasteiger partial charge in [-0.1, -0.05) is 60.7 Å². The number of nitrogens with zero attached hydrogens (tertiary/aromatic N) is 4. The molecule has 0 radical (unpaired) electrons. The number of nitrogens with one attached hydrogen (secondary N) is 2. The number of carboxylic acid groups (broad SMARTS) is 1. The van der Waals surface area contributed by atoms with E-state index in [2.05, 4.69) is 55.1 Å². The zero-order valence-corrected chi connectivity index (χ0v) is 18.2. The van der Waals surface area contributed by atoms with Gasteiger partial charge >= 0.3 is 5.97 Å². The molecule has 0 saturated carbocycles. The Morgan fingerprint density at radius 2 is 1.65 bits per heavy atom. The molecule has 0 aliphatic carbocycles. The number of tetrazole rings is 1. The van der Waals surface area contributed by atoms with Crippen LogP contribution in [-0.4, -0.2) is 41.9 Å². The highest BCUT2D eigenvalue weighted by molar-refractivity contribution is 5.77. The Labute approximate surface area is 195 Å². The fourth-order valence-corrected chi connectivity index (χ4v) is 4.13. The van der Waals surface area contributed by atoms with E-state index in [0.29, 0.717) is 17.8 Å². The van der Waals surface area contributed by atoms with Crippen LogP contribution in [0.5, 0.6) is 0 Å². The SMILES string of the molecule is O=C(O)C(Cc1cccc(Cc2cccc(-c3ccn[nH]3)c2)c1)c1cccc(-c2nn[nH]n2)c1. The first-order valence-electron chi connectivity index (χ1n) is 10.9. The molecule has 0 saturated heterocycles. The summed E-state index contributed by atoms with van der Waals surface area (Å²) in [5.41, 5.74) is 6.76. The molecule has 1 atom stereocenters. The fourth-order valence-electron chi connectivity index (χ4n) is 4.13. The first-order chi connectivity index (χ1) is 16.7. The number of hydrogen-bond donors (Lipinski definition) is 3. The van der Waals surface area contributed by atoms with Crippen LogP contribution < -0.4 is 0 Å². The third kappa shape index (κ3) is 4.75. The molecule has 168 valence electrons. The van der Waals surface area contributed by atoms with Gasteiger partial charge in [-0.05, 0) is 64.1 Å². The zero-order valence-electron chi connectivity index (χ0n) is 18.2. The lowest BCUT2D eigenvalue weighted by molar-refractivity contribution is -0.138. The quantitative estimate of drug-likeness (QED) is 0.325. The molecule has 0 amide bonds. The second-order valence-electron chi connectivity index (χ2n) is 8.12. The van der Waals surface area contributed by atoms with Crippen LogP contribution in [0, 0.1) is 0 Å². The Morgan fingerprint density at radius 3 is 2.41 bits per heavy atom. The van der Waals surface area contributed by atoms with Crippen molar-refractivity contribution in [3.63, 3.8) is 0 Å². The van der Waals surface area contributed by atoms with Crippen molar-refractivity contribution in [2.75, 3.05) is 0 Å². The summed E-state index contributed by atoms with van der Waals surface area (Å²) < 4.78 is 0. The van der Waals surface area contributed by atoms with Crippen LogP contribution in [0.3, 0.4) is 0 Å². The van der Waals surface area contributed by atoms with Crippen LogP contribution in [0.2, 0.25) is 0 Å². The summed E-state index contributed by atoms with van der Waals surface area (Å²) in [5.74, 6) is -1.13. The van der Waals surface area contributed by atoms with Gasteiger partial charge in [0, 0.05) is 11.8 Å². The maximum atomic E-state index is 12.2. The maximum absolute atomic E-state index is 12.2. The van der Waals surface area contributed by atoms with Crippen LogP contribution >= 0.6 is 0 Å². The van der Waals surface area contributed by atoms with Crippen LogP contribution in [0.4, 0.5) is 0 Å². The first-order valence-corrected chi connectivity index (χ1v) is 10.9. The summed E-state index contributed by atoms with van der Waals surface area (Å²) in [6.45, 7) is 0. The van der Waals surface area contributed by atoms with Crippen molar-refractivity contribution in [3.05, 3.63) is 107 Å². The summed E-state index contributed by atoms with van der Waals surface area (Å²) in [5, 5.41) is 31.0. The molecule has 3 aromatic carbocycles. The van der Waals surface area contributed by atoms with Crippen LogP contribution in [0.1, 0.15) is 28.2 Å². The minimum atomic E-state index is -0.872. The number of benzene rings is 3. The lowest BCUT2D eigenvalue weighted by Gasteiger charge is -2.14. The highest BCUT2D eigenvalue weighted by Crippen LogP contribution is 2.26. The number of carbonyl (C=O) groups is 1. The lowest BCUT2D eigenvalue weighted by atomic mass is 9.90. The number of rotatable bonds is 8. The molecule has 5 aromatic rings. The van der Waals surface area contributed by atoms with Gasteiger partial charge in [-0.15, -0.1) is 10.2 Å². The standard InChI is InChI=1S/C26H22N6O2/c33-26(34)23(20-7-3-9-22(16-20)25-29-31-32-30-25)15-19-5-1-4-17(13-19)12-18-6-2-8-21(14-18)24-10-11-27-28-24/h1-11,13-14,16,23H,12,15H2,(H,27,28)(H,33,34)(H,29,30,31,32). The van der Waals surface area contributed by atoms with Gasteiger partial charge in [-0.2, -0.15) is 10.3 Å². The summed E-state index contributed by atoms with van der Waals surface area (Å²) in [6.07, 6.45) is 2.87. The monoisotopic (exact) mass is 450 g/mol. The van der Waals surface area contributed by atoms with E-state index in [-0.39, 0.29) is 0 Å². The molecule has 8 nitrogen and oxygen atoms in total. The van der Waals surface area contributed by atoms with Gasteiger partial charge in [-0.25, -0.2) is 0 Å². The van der Waals surface area contributed by atoms with E-state index in [4.69, 9.17) is 0 Å². The van der Waals surface area contributed by atoms with E-state index in [1.54, 1.807) is 6.20 Å². The van der Waals surface area contributed by atoms with Crippen molar-refractivity contribution in [1.29, 1.82) is 0 Å². The minimum absolute atomic E-state index is 0.382. The number of hydrogen-bond acceptors (Lipinski definition) is 5. The molecular formula is C26H22N6O2. The molecular weight excluding hydrogens is 428 g/mol. The van der Waals surface area contributed by atoms with E-state index in [9.17, 15) is 9.90 Å². The summed E-state index contributed by atoms with van der Waals surface area (Å²) in [6, 6.07) is 25.7. The number of aliphatic carboxylic acids is 1. The van der Waals surface area contributed by atoms with E-state index in [1.807, 2.05) is 54.6 Å². The summed E-state index contributed by atoms with van der Waals surface area (Å²) in [4.78, 5) is 12.2. The molecule has 0 aliphatic rings. The molecule has 8 heteroatoms. The Hall–Kier alpha value is -4.59. The Morgan fingerprint density at radius 1 is 0.882 bits per heavy atom. The summed E-state index contributed by atoms with van der Waals surface area (Å²) in [7, 11) is 0. The van der Waals surface area contributed by atoms with Gasteiger partial charge in [-0.3, -0.25) is 9.89 Å². The van der Waals surface area contributed by atoms with Crippen LogP contribution in [0.15, 0.2) is 85.1 Å². The average molecular weight is 451 g/mol. The van der Waals surface area contributed by atoms with Gasteiger partial charge in [0.1, 0.15) is 0 Å². The smallest absolute Gasteiger partial charge is 0.311 e. The molecule has 1 unspecified atom stereocenters. The van der Waals surface area contributed by atoms with Crippen molar-refractivity contribution in [2.45, 2.75) is 18.8 Å². The maximum Gasteiger partial charge on any atom is 0.311 e. The van der Waals surface area contributed by atoms with Gasteiger partial charge in [0.25, 0.3) is 0 Å². The third-order valence-electron chi connectivity index (χ3n) is 5.77. The molecule has 5 rings (SSSR count). The van der Waals surface area contributed by atoms with Gasteiger partial charge < -0.3 is 5.11 Å². The van der Waals surface area contributed by atoms with E-state index in [1.165, 1.54) is 5.56 Å². The molecule has 2 heterocycles. The largest absolute Gasteiger partial charge is 0.481 e. The second-order valence-corrected chi connectivity index (χ2v) is 8.12. The second kappa shape index (κ2) is 9.50. The van der Waals surface area contributed by atoms with Crippen molar-refractivity contribution >= 4 is 5.97 Å². The van der Waals surface area contributed by atoms with Crippen molar-refractivity contribution < 1.29 is 9.90 Å². The van der Waals surface area contributed by atoms with Crippen LogP contribution in [-0.2, 0) is 17.6 Å². The topological polar surface area (TPSA) is 120 Å². The highest BCUT2D eigenvalue weighted by Gasteiger charge is 2.21. The Kier molecular flexibility index (Phi) is 5.94. The number of carboxylic acids is 1. The average Bonchev–Trinajstić information content (AvgIpc) is 3.58. The third-order valence-corrected chi connectivity index (χ3v) is 5.77. The van der Waals surface area contributed by atoms with Gasteiger partial charge in [0.05, 0.1) is 11.6 Å². The first kappa shape index (κ1) is 21.3. The molecule has 2 aromatic heterocycles. The van der Waals surface area contributed by atoms with E-state index < -0.39 is 11.9 Å². The molecule has 0 spiro atoms. The molecule has 34 heavy (non-hydrogen) atoms. The lowest BCUT2D eigenvalue weighted by Crippen LogP contribution is -2.14. The van der Waals surface area contributed by atoms with E-state index >= 15 is 0 Å². The summed E-state index contributed by atoms with van der Waals surface area (Å²) >= 11 is 0. The van der Waals surface area contributed by atoms with Gasteiger partial charge in [0.15, 0.2) is 0 Å². The predicted octanol–water partition coefficient (Wildman–Crippen LogP) is 4.26. The van der Waals surface area contributed by atoms with Gasteiger partial charge in [0.2, 0.25) is 5.82 Å². The zero-order chi connectivity index (χ0) is 23.3. The van der Waals surface area contributed by atoms with E-state index in [0.717, 1.165) is 34.4 Å². The highest BCUT2D eigenvalue weighted by atomic mass is 16.4.